The molecule has 1 aromatic heterocycles. The average molecular weight is 534 g/mol. The van der Waals surface area contributed by atoms with Gasteiger partial charge in [-0.15, -0.1) is 0 Å². The Morgan fingerprint density at radius 1 is 1.14 bits per heavy atom. The lowest BCUT2D eigenvalue weighted by Gasteiger charge is -2.11. The highest BCUT2D eigenvalue weighted by atomic mass is 79.9. The summed E-state index contributed by atoms with van der Waals surface area (Å²) in [6, 6.07) is 19.4. The molecule has 0 saturated carbocycles. The van der Waals surface area contributed by atoms with Crippen LogP contribution in [-0.2, 0) is 13.0 Å². The van der Waals surface area contributed by atoms with Crippen molar-refractivity contribution < 1.29 is 14.6 Å². The van der Waals surface area contributed by atoms with Gasteiger partial charge in [0.2, 0.25) is 0 Å². The Balaban J connectivity index is 1.65. The molecule has 3 aromatic carbocycles. The monoisotopic (exact) mass is 533 g/mol. The number of benzene rings is 3. The quantitative estimate of drug-likeness (QED) is 0.280. The summed E-state index contributed by atoms with van der Waals surface area (Å²) in [4.78, 5) is 29.2. The van der Waals surface area contributed by atoms with Crippen molar-refractivity contribution in [1.82, 2.24) is 9.66 Å². The van der Waals surface area contributed by atoms with Gasteiger partial charge in [0, 0.05) is 16.5 Å². The van der Waals surface area contributed by atoms with Gasteiger partial charge < -0.3 is 9.84 Å². The van der Waals surface area contributed by atoms with Gasteiger partial charge >= 0.3 is 5.97 Å². The zero-order valence-electron chi connectivity index (χ0n) is 19.1. The van der Waals surface area contributed by atoms with Crippen LogP contribution in [0.25, 0.3) is 10.9 Å². The second kappa shape index (κ2) is 11.1. The molecule has 0 aliphatic carbocycles. The molecule has 0 aliphatic heterocycles. The van der Waals surface area contributed by atoms with Gasteiger partial charge in [-0.1, -0.05) is 53.5 Å². The van der Waals surface area contributed by atoms with Crippen LogP contribution in [0, 0.1) is 0 Å². The normalized spacial score (nSPS) is 11.3. The van der Waals surface area contributed by atoms with E-state index in [9.17, 15) is 14.7 Å². The Labute approximate surface area is 210 Å². The van der Waals surface area contributed by atoms with Crippen LogP contribution in [-0.4, -0.2) is 27.0 Å². The number of para-hydroxylation sites is 1. The Morgan fingerprint density at radius 2 is 1.97 bits per heavy atom. The number of carboxylic acid groups (broad SMARTS) is 1. The van der Waals surface area contributed by atoms with E-state index in [0.29, 0.717) is 34.5 Å². The number of hydrogen-bond donors (Lipinski definition) is 1. The van der Waals surface area contributed by atoms with Crippen LogP contribution in [0.2, 0.25) is 0 Å². The molecule has 0 radical (unpaired) electrons. The lowest BCUT2D eigenvalue weighted by Crippen LogP contribution is -2.22. The van der Waals surface area contributed by atoms with E-state index in [0.717, 1.165) is 22.9 Å². The summed E-state index contributed by atoms with van der Waals surface area (Å²) in [5.41, 5.74) is 2.03. The third kappa shape index (κ3) is 5.84. The summed E-state index contributed by atoms with van der Waals surface area (Å²) in [6.45, 7) is 2.28. The van der Waals surface area contributed by atoms with E-state index in [1.165, 1.54) is 10.7 Å². The number of aryl methyl sites for hydroxylation is 1. The Hall–Kier alpha value is -3.78. The molecule has 4 rings (SSSR count). The fourth-order valence-corrected chi connectivity index (χ4v) is 3.97. The number of ether oxygens (including phenoxy) is 1. The molecule has 35 heavy (non-hydrogen) atoms. The van der Waals surface area contributed by atoms with Gasteiger partial charge in [0.05, 0.1) is 22.7 Å². The molecule has 0 fully saturated rings. The second-order valence-corrected chi connectivity index (χ2v) is 8.90. The molecule has 0 unspecified atom stereocenters. The van der Waals surface area contributed by atoms with Gasteiger partial charge in [0.1, 0.15) is 18.2 Å². The number of aromatic nitrogens is 2. The van der Waals surface area contributed by atoms with E-state index < -0.39 is 5.97 Å². The number of carboxylic acids is 1. The molecule has 4 aromatic rings. The highest BCUT2D eigenvalue weighted by molar-refractivity contribution is 9.10. The Bertz CT molecular complexity index is 1460. The van der Waals surface area contributed by atoms with Crippen molar-refractivity contribution in [2.75, 3.05) is 0 Å². The molecule has 1 heterocycles. The molecule has 0 aliphatic rings. The zero-order chi connectivity index (χ0) is 24.8. The van der Waals surface area contributed by atoms with Crippen molar-refractivity contribution in [2.24, 2.45) is 5.10 Å². The van der Waals surface area contributed by atoms with Gasteiger partial charge in [-0.25, -0.2) is 9.78 Å². The lowest BCUT2D eigenvalue weighted by molar-refractivity contribution is 0.0696. The predicted molar refractivity (Wildman–Crippen MR) is 139 cm³/mol. The molecular formula is C27H24BrN3O4. The molecule has 1 N–H and O–H groups in total. The van der Waals surface area contributed by atoms with Crippen LogP contribution in [0.1, 0.15) is 47.1 Å². The minimum absolute atomic E-state index is 0.194. The topological polar surface area (TPSA) is 93.8 Å². The van der Waals surface area contributed by atoms with Gasteiger partial charge in [-0.05, 0) is 54.4 Å². The van der Waals surface area contributed by atoms with E-state index in [4.69, 9.17) is 9.72 Å². The summed E-state index contributed by atoms with van der Waals surface area (Å²) in [7, 11) is 0. The summed E-state index contributed by atoms with van der Waals surface area (Å²) in [6.07, 6.45) is 4.08. The molecule has 0 amide bonds. The summed E-state index contributed by atoms with van der Waals surface area (Å²) < 4.78 is 8.12. The third-order valence-corrected chi connectivity index (χ3v) is 5.92. The number of halogens is 1. The first-order valence-electron chi connectivity index (χ1n) is 11.3. The zero-order valence-corrected chi connectivity index (χ0v) is 20.7. The summed E-state index contributed by atoms with van der Waals surface area (Å²) in [5.74, 6) is 0.183. The van der Waals surface area contributed by atoms with Crippen LogP contribution in [0.4, 0.5) is 0 Å². The number of nitrogens with zero attached hydrogens (tertiary/aromatic N) is 3. The standard InChI is InChI=1S/C27H24BrN3O4/c1-2-3-11-25-30-23-13-12-21(28)15-22(23)26(32)31(25)29-16-20-8-4-5-10-24(20)35-17-18-7-6-9-19(14-18)27(33)34/h4-10,12-16H,2-3,11,17H2,1H3,(H,33,34). The maximum absolute atomic E-state index is 13.3. The molecular weight excluding hydrogens is 510 g/mol. The number of unbranched alkanes of at least 4 members (excludes halogenated alkanes) is 1. The fraction of sp³-hybridized carbons (Fsp3) is 0.185. The third-order valence-electron chi connectivity index (χ3n) is 5.43. The molecule has 0 bridgehead atoms. The largest absolute Gasteiger partial charge is 0.488 e. The minimum Gasteiger partial charge on any atom is -0.488 e. The second-order valence-electron chi connectivity index (χ2n) is 7.99. The van der Waals surface area contributed by atoms with Crippen molar-refractivity contribution in [3.8, 4) is 5.75 Å². The van der Waals surface area contributed by atoms with Crippen LogP contribution in [0.3, 0.4) is 0 Å². The van der Waals surface area contributed by atoms with Crippen molar-refractivity contribution in [2.45, 2.75) is 32.8 Å². The predicted octanol–water partition coefficient (Wildman–Crippen LogP) is 5.66. The molecule has 178 valence electrons. The highest BCUT2D eigenvalue weighted by Crippen LogP contribution is 2.19. The first-order valence-corrected chi connectivity index (χ1v) is 12.0. The van der Waals surface area contributed by atoms with Gasteiger partial charge in [-0.2, -0.15) is 9.78 Å². The van der Waals surface area contributed by atoms with Gasteiger partial charge in [-0.3, -0.25) is 4.79 Å². The molecule has 0 atom stereocenters. The highest BCUT2D eigenvalue weighted by Gasteiger charge is 2.11. The van der Waals surface area contributed by atoms with E-state index in [1.54, 1.807) is 30.5 Å². The van der Waals surface area contributed by atoms with Gasteiger partial charge in [0.25, 0.3) is 5.56 Å². The van der Waals surface area contributed by atoms with Gasteiger partial charge in [0.15, 0.2) is 0 Å². The fourth-order valence-electron chi connectivity index (χ4n) is 3.60. The number of hydrogen-bond acceptors (Lipinski definition) is 5. The summed E-state index contributed by atoms with van der Waals surface area (Å²) in [5, 5.41) is 14.2. The van der Waals surface area contributed by atoms with E-state index in [-0.39, 0.29) is 17.7 Å². The minimum atomic E-state index is -0.986. The van der Waals surface area contributed by atoms with Crippen molar-refractivity contribution in [3.05, 3.63) is 104 Å². The molecule has 0 spiro atoms. The number of carbonyl (C=O) groups is 1. The van der Waals surface area contributed by atoms with Crippen molar-refractivity contribution in [3.63, 3.8) is 0 Å². The number of aromatic carboxylic acids is 1. The van der Waals surface area contributed by atoms with E-state index in [2.05, 4.69) is 28.0 Å². The average Bonchev–Trinajstić information content (AvgIpc) is 2.87. The maximum Gasteiger partial charge on any atom is 0.335 e. The first-order chi connectivity index (χ1) is 17.0. The number of fused-ring (bicyclic) bond motifs is 1. The van der Waals surface area contributed by atoms with Crippen molar-refractivity contribution in [1.29, 1.82) is 0 Å². The molecule has 8 heteroatoms. The van der Waals surface area contributed by atoms with Crippen LogP contribution < -0.4 is 10.3 Å². The van der Waals surface area contributed by atoms with E-state index in [1.807, 2.05) is 36.4 Å². The lowest BCUT2D eigenvalue weighted by atomic mass is 10.1. The molecule has 0 saturated heterocycles. The summed E-state index contributed by atoms with van der Waals surface area (Å²) >= 11 is 3.42. The SMILES string of the molecule is CCCCc1nc2ccc(Br)cc2c(=O)n1N=Cc1ccccc1OCc1cccc(C(=O)O)c1. The maximum atomic E-state index is 13.3. The van der Waals surface area contributed by atoms with Crippen LogP contribution in [0.15, 0.2) is 81.1 Å². The smallest absolute Gasteiger partial charge is 0.335 e. The number of rotatable bonds is 9. The van der Waals surface area contributed by atoms with Crippen molar-refractivity contribution >= 4 is 39.0 Å². The van der Waals surface area contributed by atoms with E-state index >= 15 is 0 Å². The molecule has 7 nitrogen and oxygen atoms in total. The van der Waals surface area contributed by atoms with Crippen LogP contribution in [0.5, 0.6) is 5.75 Å². The Kier molecular flexibility index (Phi) is 7.72. The first kappa shape index (κ1) is 24.3. The van der Waals surface area contributed by atoms with Crippen LogP contribution >= 0.6 is 15.9 Å². The Morgan fingerprint density at radius 3 is 2.77 bits per heavy atom.